The van der Waals surface area contributed by atoms with Crippen LogP contribution in [0.25, 0.3) is 16.9 Å². The summed E-state index contributed by atoms with van der Waals surface area (Å²) in [6.45, 7) is 8.62. The number of nitrogens with zero attached hydrogens (tertiary/aromatic N) is 6. The molecule has 0 atom stereocenters. The standard InChI is InChI=1S/C26H35N7O/c1-20-22(8-5-10-24(20)33-25-23(29-30-33)9-6-13-27-25)26(34)28-14-7-15-31-18-11-21(12-19-31)32-16-3-2-4-17-32/h5-6,8-10,13,21H,2-4,7,11-12,14-19H2,1H3,(H,28,34). The predicted octanol–water partition coefficient (Wildman–Crippen LogP) is 3.19. The molecule has 0 aliphatic carbocycles. The third-order valence-electron chi connectivity index (χ3n) is 7.39. The second-order valence-electron chi connectivity index (χ2n) is 9.58. The first kappa shape index (κ1) is 22.9. The van der Waals surface area contributed by atoms with Crippen LogP contribution in [-0.4, -0.2) is 81.0 Å². The largest absolute Gasteiger partial charge is 0.352 e. The molecule has 3 aromatic rings. The summed E-state index contributed by atoms with van der Waals surface area (Å²) in [6, 6.07) is 10.2. The lowest BCUT2D eigenvalue weighted by atomic mass is 10.00. The van der Waals surface area contributed by atoms with Gasteiger partial charge in [0.2, 0.25) is 0 Å². The molecule has 2 aliphatic heterocycles. The third kappa shape index (κ3) is 4.98. The molecule has 1 aromatic carbocycles. The summed E-state index contributed by atoms with van der Waals surface area (Å²) in [5.41, 5.74) is 3.78. The lowest BCUT2D eigenvalue weighted by molar-refractivity contribution is 0.0902. The van der Waals surface area contributed by atoms with Crippen molar-refractivity contribution < 1.29 is 4.79 Å². The normalized spacial score (nSPS) is 18.4. The number of benzene rings is 1. The number of piperidine rings is 2. The molecule has 180 valence electrons. The number of aromatic nitrogens is 4. The highest BCUT2D eigenvalue weighted by Crippen LogP contribution is 2.22. The first-order chi connectivity index (χ1) is 16.7. The molecule has 2 fully saturated rings. The second kappa shape index (κ2) is 10.6. The van der Waals surface area contributed by atoms with Gasteiger partial charge in [-0.25, -0.2) is 4.98 Å². The van der Waals surface area contributed by atoms with Crippen LogP contribution in [0.1, 0.15) is 54.4 Å². The molecule has 0 radical (unpaired) electrons. The van der Waals surface area contributed by atoms with E-state index in [1.165, 1.54) is 58.3 Å². The molecule has 4 heterocycles. The SMILES string of the molecule is Cc1c(C(=O)NCCCN2CCC(N3CCCCC3)CC2)cccc1-n1nnc2cccnc21. The molecule has 34 heavy (non-hydrogen) atoms. The minimum atomic E-state index is -0.0412. The minimum absolute atomic E-state index is 0.0412. The Hall–Kier alpha value is -2.84. The van der Waals surface area contributed by atoms with Crippen LogP contribution >= 0.6 is 0 Å². The number of carbonyl (C=O) groups excluding carboxylic acids is 1. The van der Waals surface area contributed by atoms with Crippen LogP contribution in [0.4, 0.5) is 0 Å². The van der Waals surface area contributed by atoms with Crippen LogP contribution in [0, 0.1) is 6.92 Å². The molecule has 0 unspecified atom stereocenters. The number of rotatable bonds is 7. The zero-order chi connectivity index (χ0) is 23.3. The van der Waals surface area contributed by atoms with Gasteiger partial charge in [-0.15, -0.1) is 5.10 Å². The van der Waals surface area contributed by atoms with Gasteiger partial charge in [0, 0.05) is 24.3 Å². The fraction of sp³-hybridized carbons (Fsp3) is 0.538. The summed E-state index contributed by atoms with van der Waals surface area (Å²) in [6.07, 6.45) is 9.40. The number of nitrogens with one attached hydrogen (secondary N) is 1. The van der Waals surface area contributed by atoms with Gasteiger partial charge in [0.25, 0.3) is 5.91 Å². The zero-order valence-corrected chi connectivity index (χ0v) is 20.1. The van der Waals surface area contributed by atoms with E-state index in [1.54, 1.807) is 10.9 Å². The fourth-order valence-corrected chi connectivity index (χ4v) is 5.42. The molecule has 8 nitrogen and oxygen atoms in total. The van der Waals surface area contributed by atoms with Crippen molar-refractivity contribution in [3.05, 3.63) is 47.7 Å². The molecule has 2 aromatic heterocycles. The molecule has 8 heteroatoms. The number of amides is 1. The minimum Gasteiger partial charge on any atom is -0.352 e. The second-order valence-corrected chi connectivity index (χ2v) is 9.58. The van der Waals surface area contributed by atoms with Crippen molar-refractivity contribution in [3.8, 4) is 5.69 Å². The summed E-state index contributed by atoms with van der Waals surface area (Å²) >= 11 is 0. The summed E-state index contributed by atoms with van der Waals surface area (Å²) in [7, 11) is 0. The number of hydrogen-bond donors (Lipinski definition) is 1. The molecule has 5 rings (SSSR count). The first-order valence-electron chi connectivity index (χ1n) is 12.7. The van der Waals surface area contributed by atoms with Gasteiger partial charge in [0.05, 0.1) is 5.69 Å². The van der Waals surface area contributed by atoms with Crippen molar-refractivity contribution in [3.63, 3.8) is 0 Å². The Morgan fingerprint density at radius 2 is 1.88 bits per heavy atom. The molecular formula is C26H35N7O. The van der Waals surface area contributed by atoms with E-state index in [9.17, 15) is 4.79 Å². The maximum absolute atomic E-state index is 12.9. The van der Waals surface area contributed by atoms with Crippen molar-refractivity contribution in [2.24, 2.45) is 0 Å². The van der Waals surface area contributed by atoms with E-state index in [-0.39, 0.29) is 5.91 Å². The van der Waals surface area contributed by atoms with Crippen molar-refractivity contribution in [1.82, 2.24) is 35.1 Å². The molecule has 0 bridgehead atoms. The number of pyridine rings is 1. The Balaban J connectivity index is 1.11. The third-order valence-corrected chi connectivity index (χ3v) is 7.39. The van der Waals surface area contributed by atoms with Gasteiger partial charge in [0.1, 0.15) is 5.52 Å². The molecular weight excluding hydrogens is 426 g/mol. The predicted molar refractivity (Wildman–Crippen MR) is 133 cm³/mol. The van der Waals surface area contributed by atoms with Gasteiger partial charge in [-0.2, -0.15) is 4.68 Å². The molecule has 1 amide bonds. The van der Waals surface area contributed by atoms with Gasteiger partial charge < -0.3 is 15.1 Å². The van der Waals surface area contributed by atoms with E-state index in [1.807, 2.05) is 37.3 Å². The van der Waals surface area contributed by atoms with E-state index in [0.717, 1.165) is 35.8 Å². The number of fused-ring (bicyclic) bond motifs is 1. The van der Waals surface area contributed by atoms with Gasteiger partial charge >= 0.3 is 0 Å². The number of likely N-dealkylation sites (tertiary alicyclic amines) is 2. The molecule has 0 spiro atoms. The van der Waals surface area contributed by atoms with Crippen molar-refractivity contribution in [2.45, 2.75) is 51.5 Å². The van der Waals surface area contributed by atoms with Crippen LogP contribution in [-0.2, 0) is 0 Å². The van der Waals surface area contributed by atoms with Crippen molar-refractivity contribution in [2.75, 3.05) is 39.3 Å². The number of carbonyl (C=O) groups is 1. The van der Waals surface area contributed by atoms with Gasteiger partial charge in [-0.05, 0) is 102 Å². The van der Waals surface area contributed by atoms with E-state index in [2.05, 4.69) is 30.4 Å². The summed E-state index contributed by atoms with van der Waals surface area (Å²) < 4.78 is 1.70. The Morgan fingerprint density at radius 1 is 1.06 bits per heavy atom. The fourth-order valence-electron chi connectivity index (χ4n) is 5.42. The zero-order valence-electron chi connectivity index (χ0n) is 20.1. The van der Waals surface area contributed by atoms with Crippen molar-refractivity contribution >= 4 is 17.1 Å². The van der Waals surface area contributed by atoms with Crippen molar-refractivity contribution in [1.29, 1.82) is 0 Å². The highest BCUT2D eigenvalue weighted by Gasteiger charge is 2.25. The summed E-state index contributed by atoms with van der Waals surface area (Å²) in [5, 5.41) is 11.6. The quantitative estimate of drug-likeness (QED) is 0.545. The van der Waals surface area contributed by atoms with Gasteiger partial charge in [-0.1, -0.05) is 17.7 Å². The first-order valence-corrected chi connectivity index (χ1v) is 12.7. The average molecular weight is 462 g/mol. The maximum Gasteiger partial charge on any atom is 0.251 e. The topological polar surface area (TPSA) is 79.2 Å². The van der Waals surface area contributed by atoms with E-state index in [0.29, 0.717) is 17.8 Å². The highest BCUT2D eigenvalue weighted by atomic mass is 16.1. The Labute approximate surface area is 201 Å². The smallest absolute Gasteiger partial charge is 0.251 e. The number of hydrogen-bond acceptors (Lipinski definition) is 6. The van der Waals surface area contributed by atoms with Gasteiger partial charge in [0.15, 0.2) is 5.65 Å². The Bertz CT molecular complexity index is 1110. The molecule has 1 N–H and O–H groups in total. The maximum atomic E-state index is 12.9. The Morgan fingerprint density at radius 3 is 2.71 bits per heavy atom. The van der Waals surface area contributed by atoms with Crippen LogP contribution in [0.5, 0.6) is 0 Å². The molecule has 2 saturated heterocycles. The summed E-state index contributed by atoms with van der Waals surface area (Å²) in [4.78, 5) is 22.6. The highest BCUT2D eigenvalue weighted by molar-refractivity contribution is 5.96. The van der Waals surface area contributed by atoms with Crippen LogP contribution in [0.15, 0.2) is 36.5 Å². The van der Waals surface area contributed by atoms with Crippen LogP contribution in [0.3, 0.4) is 0 Å². The van der Waals surface area contributed by atoms with E-state index < -0.39 is 0 Å². The van der Waals surface area contributed by atoms with E-state index >= 15 is 0 Å². The monoisotopic (exact) mass is 461 g/mol. The lowest BCUT2D eigenvalue weighted by Gasteiger charge is -2.40. The molecule has 0 saturated carbocycles. The lowest BCUT2D eigenvalue weighted by Crippen LogP contribution is -2.47. The van der Waals surface area contributed by atoms with Crippen LogP contribution < -0.4 is 5.32 Å². The summed E-state index contributed by atoms with van der Waals surface area (Å²) in [5.74, 6) is -0.0412. The molecule has 2 aliphatic rings. The Kier molecular flexibility index (Phi) is 7.16. The van der Waals surface area contributed by atoms with E-state index in [4.69, 9.17) is 0 Å². The average Bonchev–Trinajstić information content (AvgIpc) is 3.31. The van der Waals surface area contributed by atoms with Gasteiger partial charge in [-0.3, -0.25) is 4.79 Å². The van der Waals surface area contributed by atoms with Crippen LogP contribution in [0.2, 0.25) is 0 Å².